The summed E-state index contributed by atoms with van der Waals surface area (Å²) in [5, 5.41) is 0. The predicted molar refractivity (Wildman–Crippen MR) is 83.2 cm³/mol. The minimum Gasteiger partial charge on any atom is -0.487 e. The maximum atomic E-state index is 11.8. The van der Waals surface area contributed by atoms with Gasteiger partial charge in [0, 0.05) is 16.6 Å². The molecule has 2 rings (SSSR count). The molecule has 1 aromatic carbocycles. The molecule has 0 fully saturated rings. The quantitative estimate of drug-likeness (QED) is 0.653. The number of hydrogen-bond donors (Lipinski definition) is 1. The average molecular weight is 356 g/mol. The summed E-state index contributed by atoms with van der Waals surface area (Å²) in [5.41, 5.74) is 6.67. The number of ether oxygens (including phenoxy) is 2. The van der Waals surface area contributed by atoms with Crippen molar-refractivity contribution in [3.63, 3.8) is 0 Å². The highest BCUT2D eigenvalue weighted by Crippen LogP contribution is 2.27. The van der Waals surface area contributed by atoms with Gasteiger partial charge in [-0.1, -0.05) is 0 Å². The van der Waals surface area contributed by atoms with Gasteiger partial charge in [0.25, 0.3) is 0 Å². The van der Waals surface area contributed by atoms with Gasteiger partial charge in [0.1, 0.15) is 17.9 Å². The number of carbonyl (C=O) groups is 1. The zero-order chi connectivity index (χ0) is 14.5. The smallest absolute Gasteiger partial charge is 0.341 e. The largest absolute Gasteiger partial charge is 0.487 e. The number of benzene rings is 1. The van der Waals surface area contributed by atoms with E-state index < -0.39 is 5.97 Å². The molecule has 2 N–H and O–H groups in total. The molecule has 0 unspecified atom stereocenters. The maximum Gasteiger partial charge on any atom is 0.341 e. The molecule has 0 aliphatic heterocycles. The van der Waals surface area contributed by atoms with E-state index >= 15 is 0 Å². The summed E-state index contributed by atoms with van der Waals surface area (Å²) in [5.74, 6) is 0.0304. The topological polar surface area (TPSA) is 61.5 Å². The Bertz CT molecular complexity index is 612. The Labute approximate surface area is 129 Å². The lowest BCUT2D eigenvalue weighted by Gasteiger charge is -2.11. The summed E-state index contributed by atoms with van der Waals surface area (Å²) in [6, 6.07) is 8.82. The predicted octanol–water partition coefficient (Wildman–Crippen LogP) is 3.85. The van der Waals surface area contributed by atoms with Crippen LogP contribution < -0.4 is 10.5 Å². The molecule has 6 heteroatoms. The van der Waals surface area contributed by atoms with Crippen molar-refractivity contribution >= 4 is 38.9 Å². The van der Waals surface area contributed by atoms with Gasteiger partial charge >= 0.3 is 5.97 Å². The molecule has 0 saturated carbocycles. The van der Waals surface area contributed by atoms with Crippen molar-refractivity contribution in [1.82, 2.24) is 0 Å². The Balaban J connectivity index is 2.16. The van der Waals surface area contributed by atoms with E-state index in [1.54, 1.807) is 36.5 Å². The van der Waals surface area contributed by atoms with Crippen LogP contribution in [0.2, 0.25) is 0 Å². The normalized spacial score (nSPS) is 10.3. The Morgan fingerprint density at radius 2 is 2.15 bits per heavy atom. The van der Waals surface area contributed by atoms with Crippen LogP contribution in [-0.4, -0.2) is 12.6 Å². The van der Waals surface area contributed by atoms with Crippen LogP contribution in [0.5, 0.6) is 5.75 Å². The molecule has 0 radical (unpaired) electrons. The van der Waals surface area contributed by atoms with Gasteiger partial charge in [0.05, 0.1) is 10.4 Å². The fourth-order valence-corrected chi connectivity index (χ4v) is 3.01. The Hall–Kier alpha value is -1.53. The number of hydrogen-bond acceptors (Lipinski definition) is 5. The third-order valence-corrected chi connectivity index (χ3v) is 4.10. The summed E-state index contributed by atoms with van der Waals surface area (Å²) in [4.78, 5) is 12.9. The Morgan fingerprint density at radius 3 is 2.80 bits per heavy atom. The molecule has 0 spiro atoms. The summed E-state index contributed by atoms with van der Waals surface area (Å²) >= 11 is 4.98. The van der Waals surface area contributed by atoms with Crippen LogP contribution in [0.1, 0.15) is 22.2 Å². The van der Waals surface area contributed by atoms with Gasteiger partial charge in [-0.2, -0.15) is 0 Å². The standard InChI is InChI=1S/C14H14BrNO3S/c1-2-18-14(17)11-5-3-9(16)7-12(11)19-8-10-4-6-13(15)20-10/h3-7H,2,8,16H2,1H3. The van der Waals surface area contributed by atoms with E-state index in [9.17, 15) is 4.79 Å². The first kappa shape index (κ1) is 14.9. The lowest BCUT2D eigenvalue weighted by molar-refractivity contribution is 0.0521. The van der Waals surface area contributed by atoms with Gasteiger partial charge in [0.15, 0.2) is 0 Å². The van der Waals surface area contributed by atoms with E-state index in [0.717, 1.165) is 8.66 Å². The number of thiophene rings is 1. The van der Waals surface area contributed by atoms with Crippen molar-refractivity contribution in [1.29, 1.82) is 0 Å². The number of nitrogens with two attached hydrogens (primary N) is 1. The zero-order valence-electron chi connectivity index (χ0n) is 10.9. The van der Waals surface area contributed by atoms with E-state index in [1.807, 2.05) is 12.1 Å². The van der Waals surface area contributed by atoms with Gasteiger partial charge in [-0.3, -0.25) is 0 Å². The second-order valence-electron chi connectivity index (χ2n) is 3.97. The second-order valence-corrected chi connectivity index (χ2v) is 6.52. The molecule has 1 heterocycles. The molecule has 1 aromatic heterocycles. The second kappa shape index (κ2) is 6.76. The van der Waals surface area contributed by atoms with Crippen LogP contribution in [0, 0.1) is 0 Å². The van der Waals surface area contributed by atoms with E-state index in [-0.39, 0.29) is 0 Å². The van der Waals surface area contributed by atoms with E-state index in [4.69, 9.17) is 15.2 Å². The summed E-state index contributed by atoms with van der Waals surface area (Å²) in [7, 11) is 0. The van der Waals surface area contributed by atoms with Crippen molar-refractivity contribution < 1.29 is 14.3 Å². The number of halogens is 1. The Kier molecular flexibility index (Phi) is 5.03. The fraction of sp³-hybridized carbons (Fsp3) is 0.214. The molecule has 0 bridgehead atoms. The van der Waals surface area contributed by atoms with Crippen LogP contribution in [0.15, 0.2) is 34.1 Å². The first-order chi connectivity index (χ1) is 9.60. The molecule has 0 aliphatic carbocycles. The summed E-state index contributed by atoms with van der Waals surface area (Å²) in [6.07, 6.45) is 0. The Morgan fingerprint density at radius 1 is 1.35 bits per heavy atom. The highest BCUT2D eigenvalue weighted by molar-refractivity contribution is 9.11. The van der Waals surface area contributed by atoms with Gasteiger partial charge in [-0.25, -0.2) is 4.79 Å². The number of nitrogen functional groups attached to an aromatic ring is 1. The van der Waals surface area contributed by atoms with Crippen molar-refractivity contribution in [3.05, 3.63) is 44.6 Å². The van der Waals surface area contributed by atoms with Crippen LogP contribution in [-0.2, 0) is 11.3 Å². The molecular formula is C14H14BrNO3S. The van der Waals surface area contributed by atoms with Gasteiger partial charge in [-0.15, -0.1) is 11.3 Å². The minimum absolute atomic E-state index is 0.320. The minimum atomic E-state index is -0.408. The first-order valence-corrected chi connectivity index (χ1v) is 7.64. The van der Waals surface area contributed by atoms with E-state index in [0.29, 0.717) is 30.2 Å². The molecule has 0 atom stereocenters. The van der Waals surface area contributed by atoms with E-state index in [1.165, 1.54) is 0 Å². The fourth-order valence-electron chi connectivity index (χ4n) is 1.61. The van der Waals surface area contributed by atoms with Crippen LogP contribution in [0.3, 0.4) is 0 Å². The number of anilines is 1. The van der Waals surface area contributed by atoms with Crippen LogP contribution >= 0.6 is 27.3 Å². The third-order valence-electron chi connectivity index (χ3n) is 2.50. The monoisotopic (exact) mass is 355 g/mol. The molecular weight excluding hydrogens is 342 g/mol. The molecule has 106 valence electrons. The lowest BCUT2D eigenvalue weighted by atomic mass is 10.2. The third kappa shape index (κ3) is 3.74. The van der Waals surface area contributed by atoms with Crippen molar-refractivity contribution in [3.8, 4) is 5.75 Å². The SMILES string of the molecule is CCOC(=O)c1ccc(N)cc1OCc1ccc(Br)s1. The zero-order valence-corrected chi connectivity index (χ0v) is 13.3. The van der Waals surface area contributed by atoms with Gasteiger partial charge in [0.2, 0.25) is 0 Å². The van der Waals surface area contributed by atoms with Crippen LogP contribution in [0.4, 0.5) is 5.69 Å². The van der Waals surface area contributed by atoms with Crippen molar-refractivity contribution in [2.75, 3.05) is 12.3 Å². The number of rotatable bonds is 5. The molecule has 4 nitrogen and oxygen atoms in total. The van der Waals surface area contributed by atoms with Gasteiger partial charge in [-0.05, 0) is 47.1 Å². The molecule has 2 aromatic rings. The van der Waals surface area contributed by atoms with Crippen LogP contribution in [0.25, 0.3) is 0 Å². The number of esters is 1. The molecule has 20 heavy (non-hydrogen) atoms. The highest BCUT2D eigenvalue weighted by atomic mass is 79.9. The molecule has 0 saturated heterocycles. The van der Waals surface area contributed by atoms with E-state index in [2.05, 4.69) is 15.9 Å². The van der Waals surface area contributed by atoms with Crippen molar-refractivity contribution in [2.24, 2.45) is 0 Å². The summed E-state index contributed by atoms with van der Waals surface area (Å²) in [6.45, 7) is 2.46. The summed E-state index contributed by atoms with van der Waals surface area (Å²) < 4.78 is 11.7. The average Bonchev–Trinajstić information content (AvgIpc) is 2.82. The van der Waals surface area contributed by atoms with Crippen molar-refractivity contribution in [2.45, 2.75) is 13.5 Å². The first-order valence-electron chi connectivity index (χ1n) is 6.04. The van der Waals surface area contributed by atoms with Gasteiger partial charge < -0.3 is 15.2 Å². The number of carbonyl (C=O) groups excluding carboxylic acids is 1. The lowest BCUT2D eigenvalue weighted by Crippen LogP contribution is -2.08. The maximum absolute atomic E-state index is 11.8. The highest BCUT2D eigenvalue weighted by Gasteiger charge is 2.14. The molecule has 0 aliphatic rings. The molecule has 0 amide bonds.